The van der Waals surface area contributed by atoms with Gasteiger partial charge in [0, 0.05) is 17.9 Å². The Balaban J connectivity index is 1.63. The third kappa shape index (κ3) is 2.51. The van der Waals surface area contributed by atoms with Crippen LogP contribution in [0.15, 0.2) is 71.2 Å². The van der Waals surface area contributed by atoms with E-state index in [0.29, 0.717) is 4.53 Å². The predicted molar refractivity (Wildman–Crippen MR) is 113 cm³/mol. The van der Waals surface area contributed by atoms with Crippen LogP contribution in [0.3, 0.4) is 0 Å². The van der Waals surface area contributed by atoms with E-state index in [-0.39, 0.29) is 5.56 Å². The van der Waals surface area contributed by atoms with Crippen LogP contribution >= 0.6 is 11.3 Å². The summed E-state index contributed by atoms with van der Waals surface area (Å²) in [4.78, 5) is 20.4. The molecule has 3 heterocycles. The Kier molecular flexibility index (Phi) is 3.69. The van der Waals surface area contributed by atoms with Gasteiger partial charge in [0.25, 0.3) is 5.56 Å². The van der Waals surface area contributed by atoms with Gasteiger partial charge in [0.15, 0.2) is 4.96 Å². The van der Waals surface area contributed by atoms with Crippen molar-refractivity contribution >= 4 is 45.2 Å². The SMILES string of the molecule is CCN1/C(=C/C=c2/sc3nc4ccccc4n3c2=O)C=Cc2ccccc21. The summed E-state index contributed by atoms with van der Waals surface area (Å²) >= 11 is 1.43. The zero-order valence-electron chi connectivity index (χ0n) is 14.8. The third-order valence-electron chi connectivity index (χ3n) is 4.84. The number of hydrogen-bond acceptors (Lipinski definition) is 4. The molecule has 2 aromatic heterocycles. The van der Waals surface area contributed by atoms with E-state index < -0.39 is 0 Å². The van der Waals surface area contributed by atoms with Gasteiger partial charge in [-0.15, -0.1) is 0 Å². The minimum atomic E-state index is -0.0104. The van der Waals surface area contributed by atoms with E-state index in [1.165, 1.54) is 22.6 Å². The minimum absolute atomic E-state index is 0.0104. The number of fused-ring (bicyclic) bond motifs is 4. The quantitative estimate of drug-likeness (QED) is 0.537. The van der Waals surface area contributed by atoms with Gasteiger partial charge in [-0.1, -0.05) is 47.7 Å². The molecular formula is C22H17N3OS. The molecule has 0 saturated carbocycles. The first-order valence-corrected chi connectivity index (χ1v) is 9.74. The maximum atomic E-state index is 12.9. The van der Waals surface area contributed by atoms with Crippen molar-refractivity contribution in [2.45, 2.75) is 6.92 Å². The standard InChI is InChI=1S/C22H17N3OS/c1-2-24-16(12-11-15-7-3-5-9-18(15)24)13-14-20-21(26)25-19-10-6-4-8-17(19)23-22(25)27-20/h3-14H,2H2,1H3/b16-13+,20-14+. The van der Waals surface area contributed by atoms with Gasteiger partial charge in [0.1, 0.15) is 0 Å². The minimum Gasteiger partial charge on any atom is -0.341 e. The van der Waals surface area contributed by atoms with Crippen molar-refractivity contribution in [3.63, 3.8) is 0 Å². The number of para-hydroxylation sites is 3. The Morgan fingerprint density at radius 3 is 2.74 bits per heavy atom. The average Bonchev–Trinajstić information content (AvgIpc) is 3.22. The number of thiazole rings is 1. The normalized spacial score (nSPS) is 16.0. The van der Waals surface area contributed by atoms with E-state index in [2.05, 4.69) is 47.2 Å². The lowest BCUT2D eigenvalue weighted by Crippen LogP contribution is -2.24. The van der Waals surface area contributed by atoms with Gasteiger partial charge in [-0.05, 0) is 48.9 Å². The fourth-order valence-corrected chi connectivity index (χ4v) is 4.49. The van der Waals surface area contributed by atoms with Gasteiger partial charge < -0.3 is 4.90 Å². The van der Waals surface area contributed by atoms with Crippen molar-refractivity contribution in [1.29, 1.82) is 0 Å². The van der Waals surface area contributed by atoms with Gasteiger partial charge >= 0.3 is 0 Å². The Labute approximate surface area is 160 Å². The van der Waals surface area contributed by atoms with E-state index in [4.69, 9.17) is 0 Å². The van der Waals surface area contributed by atoms with Crippen LogP contribution in [0.1, 0.15) is 12.5 Å². The molecule has 0 saturated heterocycles. The summed E-state index contributed by atoms with van der Waals surface area (Å²) in [6, 6.07) is 16.1. The number of likely N-dealkylation sites (N-methyl/N-ethyl adjacent to an activating group) is 1. The summed E-state index contributed by atoms with van der Waals surface area (Å²) in [5.74, 6) is 0. The van der Waals surface area contributed by atoms with Gasteiger partial charge in [0.2, 0.25) is 0 Å². The first kappa shape index (κ1) is 16.0. The van der Waals surface area contributed by atoms with Crippen molar-refractivity contribution in [2.24, 2.45) is 0 Å². The maximum Gasteiger partial charge on any atom is 0.274 e. The number of imidazole rings is 1. The van der Waals surface area contributed by atoms with E-state index in [0.717, 1.165) is 28.2 Å². The van der Waals surface area contributed by atoms with Crippen LogP contribution in [-0.4, -0.2) is 15.9 Å². The molecule has 1 aliphatic rings. The molecule has 4 aromatic rings. The van der Waals surface area contributed by atoms with Crippen LogP contribution in [-0.2, 0) is 0 Å². The van der Waals surface area contributed by atoms with E-state index >= 15 is 0 Å². The number of aromatic nitrogens is 2. The molecule has 1 aliphatic heterocycles. The molecule has 132 valence electrons. The van der Waals surface area contributed by atoms with Crippen LogP contribution in [0.2, 0.25) is 0 Å². The van der Waals surface area contributed by atoms with Gasteiger partial charge in [-0.3, -0.25) is 4.79 Å². The van der Waals surface area contributed by atoms with Crippen LogP contribution < -0.4 is 15.0 Å². The number of anilines is 1. The molecule has 27 heavy (non-hydrogen) atoms. The maximum absolute atomic E-state index is 12.9. The van der Waals surface area contributed by atoms with Crippen LogP contribution in [0.4, 0.5) is 5.69 Å². The Morgan fingerprint density at radius 1 is 1.04 bits per heavy atom. The topological polar surface area (TPSA) is 37.6 Å². The van der Waals surface area contributed by atoms with Crippen LogP contribution in [0, 0.1) is 0 Å². The monoisotopic (exact) mass is 371 g/mol. The Bertz CT molecular complexity index is 1340. The van der Waals surface area contributed by atoms with Crippen LogP contribution in [0.5, 0.6) is 0 Å². The zero-order valence-corrected chi connectivity index (χ0v) is 15.6. The molecule has 4 nitrogen and oxygen atoms in total. The van der Waals surface area contributed by atoms with Crippen molar-refractivity contribution in [2.75, 3.05) is 11.4 Å². The molecule has 0 atom stereocenters. The fraction of sp³-hybridized carbons (Fsp3) is 0.0909. The van der Waals surface area contributed by atoms with Gasteiger partial charge in [0.05, 0.1) is 15.6 Å². The molecule has 5 heteroatoms. The zero-order chi connectivity index (χ0) is 18.4. The van der Waals surface area contributed by atoms with E-state index in [9.17, 15) is 4.79 Å². The van der Waals surface area contributed by atoms with Crippen molar-refractivity contribution in [3.8, 4) is 0 Å². The molecule has 0 amide bonds. The molecule has 5 rings (SSSR count). The lowest BCUT2D eigenvalue weighted by molar-refractivity contribution is 0.972. The molecule has 0 radical (unpaired) electrons. The Morgan fingerprint density at radius 2 is 1.85 bits per heavy atom. The summed E-state index contributed by atoms with van der Waals surface area (Å²) in [7, 11) is 0. The highest BCUT2D eigenvalue weighted by Gasteiger charge is 2.15. The fourth-order valence-electron chi connectivity index (χ4n) is 3.56. The second-order valence-corrected chi connectivity index (χ2v) is 7.39. The Hall–Kier alpha value is -3.18. The molecule has 0 spiro atoms. The predicted octanol–water partition coefficient (Wildman–Crippen LogP) is 3.85. The first-order chi connectivity index (χ1) is 13.3. The van der Waals surface area contributed by atoms with E-state index in [1.54, 1.807) is 4.40 Å². The van der Waals surface area contributed by atoms with Crippen molar-refractivity contribution in [1.82, 2.24) is 9.38 Å². The summed E-state index contributed by atoms with van der Waals surface area (Å²) < 4.78 is 2.40. The molecule has 2 aromatic carbocycles. The highest BCUT2D eigenvalue weighted by molar-refractivity contribution is 7.15. The number of benzene rings is 2. The lowest BCUT2D eigenvalue weighted by atomic mass is 10.1. The van der Waals surface area contributed by atoms with E-state index in [1.807, 2.05) is 42.5 Å². The van der Waals surface area contributed by atoms with Gasteiger partial charge in [-0.25, -0.2) is 9.38 Å². The van der Waals surface area contributed by atoms with Crippen molar-refractivity contribution in [3.05, 3.63) is 86.8 Å². The molecule has 0 N–H and O–H groups in total. The number of nitrogens with zero attached hydrogens (tertiary/aromatic N) is 3. The number of hydrogen-bond donors (Lipinski definition) is 0. The summed E-state index contributed by atoms with van der Waals surface area (Å²) in [5.41, 5.74) is 5.19. The molecule has 0 bridgehead atoms. The second kappa shape index (κ2) is 6.21. The van der Waals surface area contributed by atoms with Gasteiger partial charge in [-0.2, -0.15) is 0 Å². The summed E-state index contributed by atoms with van der Waals surface area (Å²) in [6.45, 7) is 3.00. The highest BCUT2D eigenvalue weighted by atomic mass is 32.1. The second-order valence-electron chi connectivity index (χ2n) is 6.38. The first-order valence-electron chi connectivity index (χ1n) is 8.93. The third-order valence-corrected chi connectivity index (χ3v) is 5.83. The largest absolute Gasteiger partial charge is 0.341 e. The smallest absolute Gasteiger partial charge is 0.274 e. The van der Waals surface area contributed by atoms with Crippen molar-refractivity contribution < 1.29 is 0 Å². The number of rotatable bonds is 2. The molecule has 0 unspecified atom stereocenters. The average molecular weight is 371 g/mol. The molecule has 0 fully saturated rings. The number of allylic oxidation sites excluding steroid dienone is 2. The molecule has 0 aliphatic carbocycles. The molecular weight excluding hydrogens is 354 g/mol. The van der Waals surface area contributed by atoms with Crippen LogP contribution in [0.25, 0.3) is 28.1 Å². The highest BCUT2D eigenvalue weighted by Crippen LogP contribution is 2.30. The summed E-state index contributed by atoms with van der Waals surface area (Å²) in [5, 5.41) is 0. The summed E-state index contributed by atoms with van der Waals surface area (Å²) in [6.07, 6.45) is 8.15. The lowest BCUT2D eigenvalue weighted by Gasteiger charge is -2.29.